The molecule has 3 aromatic rings. The van der Waals surface area contributed by atoms with Gasteiger partial charge in [0, 0.05) is 29.7 Å². The fourth-order valence-corrected chi connectivity index (χ4v) is 2.73. The number of imidazole rings is 1. The second-order valence-corrected chi connectivity index (χ2v) is 5.83. The van der Waals surface area contributed by atoms with E-state index in [2.05, 4.69) is 27.2 Å². The van der Waals surface area contributed by atoms with Gasteiger partial charge in [-0.2, -0.15) is 0 Å². The Bertz CT molecular complexity index is 809. The molecule has 24 heavy (non-hydrogen) atoms. The molecule has 0 unspecified atom stereocenters. The molecule has 2 aromatic heterocycles. The predicted octanol–water partition coefficient (Wildman–Crippen LogP) is 3.45. The minimum Gasteiger partial charge on any atom is -0.348 e. The van der Waals surface area contributed by atoms with E-state index < -0.39 is 0 Å². The number of carbonyl (C=O) groups is 1. The van der Waals surface area contributed by atoms with Crippen molar-refractivity contribution in [1.82, 2.24) is 15.0 Å². The standard InChI is InChI=1S/C19H20N4O/c1-13(19-14(2)21-12-22-19)16-5-7-17(8-6-16)23-18(24)10-15-4-3-9-20-11-15/h3-9,11-13H,10H2,1-2H3,(H,21,22)(H,23,24)/t13-/m1/s1. The molecule has 0 bridgehead atoms. The van der Waals surface area contributed by atoms with Gasteiger partial charge in [-0.25, -0.2) is 4.98 Å². The third-order valence-corrected chi connectivity index (χ3v) is 4.08. The molecule has 0 spiro atoms. The molecule has 0 aliphatic carbocycles. The molecule has 1 aromatic carbocycles. The highest BCUT2D eigenvalue weighted by molar-refractivity contribution is 5.92. The van der Waals surface area contributed by atoms with Gasteiger partial charge in [-0.15, -0.1) is 0 Å². The van der Waals surface area contributed by atoms with Gasteiger partial charge in [0.2, 0.25) is 5.91 Å². The summed E-state index contributed by atoms with van der Waals surface area (Å²) in [6.45, 7) is 4.13. The molecule has 0 saturated carbocycles. The monoisotopic (exact) mass is 320 g/mol. The summed E-state index contributed by atoms with van der Waals surface area (Å²) in [4.78, 5) is 23.5. The first kappa shape index (κ1) is 15.9. The summed E-state index contributed by atoms with van der Waals surface area (Å²) >= 11 is 0. The van der Waals surface area contributed by atoms with E-state index in [1.165, 1.54) is 5.56 Å². The number of carbonyl (C=O) groups excluding carboxylic acids is 1. The normalized spacial score (nSPS) is 11.9. The highest BCUT2D eigenvalue weighted by Crippen LogP contribution is 2.25. The molecule has 1 amide bonds. The number of nitrogens with one attached hydrogen (secondary N) is 2. The number of anilines is 1. The summed E-state index contributed by atoms with van der Waals surface area (Å²) in [5.41, 5.74) is 4.99. The van der Waals surface area contributed by atoms with Gasteiger partial charge in [0.25, 0.3) is 0 Å². The Labute approximate surface area is 141 Å². The largest absolute Gasteiger partial charge is 0.348 e. The number of aryl methyl sites for hydroxylation is 1. The zero-order valence-corrected chi connectivity index (χ0v) is 13.8. The maximum Gasteiger partial charge on any atom is 0.228 e. The van der Waals surface area contributed by atoms with E-state index in [0.717, 1.165) is 22.6 Å². The lowest BCUT2D eigenvalue weighted by atomic mass is 9.96. The first-order valence-corrected chi connectivity index (χ1v) is 7.92. The molecule has 0 fully saturated rings. The molecule has 5 nitrogen and oxygen atoms in total. The molecular formula is C19H20N4O. The lowest BCUT2D eigenvalue weighted by Crippen LogP contribution is -2.14. The van der Waals surface area contributed by atoms with Crippen LogP contribution in [0.25, 0.3) is 0 Å². The number of hydrogen-bond donors (Lipinski definition) is 2. The van der Waals surface area contributed by atoms with Crippen molar-refractivity contribution in [2.75, 3.05) is 5.32 Å². The molecule has 0 aliphatic heterocycles. The number of pyridine rings is 1. The Morgan fingerprint density at radius 1 is 1.25 bits per heavy atom. The van der Waals surface area contributed by atoms with Crippen LogP contribution < -0.4 is 5.32 Å². The smallest absolute Gasteiger partial charge is 0.228 e. The second-order valence-electron chi connectivity index (χ2n) is 5.83. The Balaban J connectivity index is 1.64. The number of benzene rings is 1. The molecule has 5 heteroatoms. The first-order chi connectivity index (χ1) is 11.6. The fourth-order valence-electron chi connectivity index (χ4n) is 2.73. The van der Waals surface area contributed by atoms with Crippen LogP contribution in [0.2, 0.25) is 0 Å². The molecule has 0 saturated heterocycles. The van der Waals surface area contributed by atoms with Crippen molar-refractivity contribution < 1.29 is 4.79 Å². The number of hydrogen-bond acceptors (Lipinski definition) is 3. The van der Waals surface area contributed by atoms with Crippen LogP contribution in [0.15, 0.2) is 55.1 Å². The van der Waals surface area contributed by atoms with E-state index in [9.17, 15) is 4.79 Å². The van der Waals surface area contributed by atoms with Crippen molar-refractivity contribution >= 4 is 11.6 Å². The molecule has 2 N–H and O–H groups in total. The Morgan fingerprint density at radius 2 is 2.04 bits per heavy atom. The lowest BCUT2D eigenvalue weighted by molar-refractivity contribution is -0.115. The molecule has 122 valence electrons. The number of H-pyrrole nitrogens is 1. The van der Waals surface area contributed by atoms with Crippen LogP contribution in [0.5, 0.6) is 0 Å². The molecule has 1 atom stereocenters. The number of aromatic amines is 1. The van der Waals surface area contributed by atoms with Crippen LogP contribution >= 0.6 is 0 Å². The number of amides is 1. The second kappa shape index (κ2) is 7.08. The fraction of sp³-hybridized carbons (Fsp3) is 0.211. The number of rotatable bonds is 5. The molecular weight excluding hydrogens is 300 g/mol. The average molecular weight is 320 g/mol. The van der Waals surface area contributed by atoms with Gasteiger partial charge in [-0.05, 0) is 36.2 Å². The van der Waals surface area contributed by atoms with Gasteiger partial charge < -0.3 is 10.3 Å². The van der Waals surface area contributed by atoms with Crippen molar-refractivity contribution in [3.8, 4) is 0 Å². The van der Waals surface area contributed by atoms with Crippen LogP contribution in [0, 0.1) is 6.92 Å². The van der Waals surface area contributed by atoms with Gasteiger partial charge >= 0.3 is 0 Å². The van der Waals surface area contributed by atoms with Gasteiger partial charge in [0.1, 0.15) is 0 Å². The van der Waals surface area contributed by atoms with Crippen molar-refractivity contribution in [2.45, 2.75) is 26.2 Å². The summed E-state index contributed by atoms with van der Waals surface area (Å²) in [7, 11) is 0. The van der Waals surface area contributed by atoms with E-state index in [1.54, 1.807) is 18.7 Å². The molecule has 0 aliphatic rings. The highest BCUT2D eigenvalue weighted by atomic mass is 16.1. The minimum atomic E-state index is -0.0480. The lowest BCUT2D eigenvalue weighted by Gasteiger charge is -2.12. The van der Waals surface area contributed by atoms with Crippen LogP contribution in [0.1, 0.15) is 35.4 Å². The minimum absolute atomic E-state index is 0.0480. The van der Waals surface area contributed by atoms with E-state index in [1.807, 2.05) is 43.3 Å². The third kappa shape index (κ3) is 3.68. The SMILES string of the molecule is Cc1nc[nH]c1[C@H](C)c1ccc(NC(=O)Cc2cccnc2)cc1. The summed E-state index contributed by atoms with van der Waals surface area (Å²) < 4.78 is 0. The van der Waals surface area contributed by atoms with Crippen molar-refractivity contribution in [3.63, 3.8) is 0 Å². The number of aromatic nitrogens is 3. The molecule has 0 radical (unpaired) electrons. The van der Waals surface area contributed by atoms with E-state index >= 15 is 0 Å². The summed E-state index contributed by atoms with van der Waals surface area (Å²) in [6.07, 6.45) is 5.44. The van der Waals surface area contributed by atoms with Gasteiger partial charge in [0.15, 0.2) is 0 Å². The highest BCUT2D eigenvalue weighted by Gasteiger charge is 2.13. The zero-order chi connectivity index (χ0) is 16.9. The Hall–Kier alpha value is -2.95. The van der Waals surface area contributed by atoms with E-state index in [0.29, 0.717) is 6.42 Å². The molecule has 3 rings (SSSR count). The van der Waals surface area contributed by atoms with Crippen molar-refractivity contribution in [3.05, 3.63) is 77.6 Å². The summed E-state index contributed by atoms with van der Waals surface area (Å²) in [5.74, 6) is 0.181. The predicted molar refractivity (Wildman–Crippen MR) is 93.9 cm³/mol. The quantitative estimate of drug-likeness (QED) is 0.756. The van der Waals surface area contributed by atoms with E-state index in [4.69, 9.17) is 0 Å². The maximum atomic E-state index is 12.1. The first-order valence-electron chi connectivity index (χ1n) is 7.92. The Kier molecular flexibility index (Phi) is 4.70. The van der Waals surface area contributed by atoms with E-state index in [-0.39, 0.29) is 11.8 Å². The summed E-state index contributed by atoms with van der Waals surface area (Å²) in [5, 5.41) is 2.92. The van der Waals surface area contributed by atoms with Crippen LogP contribution in [0.4, 0.5) is 5.69 Å². The molecule has 2 heterocycles. The Morgan fingerprint density at radius 3 is 2.67 bits per heavy atom. The maximum absolute atomic E-state index is 12.1. The van der Waals surface area contributed by atoms with Gasteiger partial charge in [-0.3, -0.25) is 9.78 Å². The topological polar surface area (TPSA) is 70.7 Å². The van der Waals surface area contributed by atoms with Crippen molar-refractivity contribution in [1.29, 1.82) is 0 Å². The van der Waals surface area contributed by atoms with Crippen LogP contribution in [0.3, 0.4) is 0 Å². The van der Waals surface area contributed by atoms with Gasteiger partial charge in [-0.1, -0.05) is 25.1 Å². The van der Waals surface area contributed by atoms with Crippen LogP contribution in [-0.2, 0) is 11.2 Å². The van der Waals surface area contributed by atoms with Crippen LogP contribution in [-0.4, -0.2) is 20.9 Å². The average Bonchev–Trinajstić information content (AvgIpc) is 3.02. The third-order valence-electron chi connectivity index (χ3n) is 4.08. The number of nitrogens with zero attached hydrogens (tertiary/aromatic N) is 2. The van der Waals surface area contributed by atoms with Gasteiger partial charge in [0.05, 0.1) is 18.4 Å². The summed E-state index contributed by atoms with van der Waals surface area (Å²) in [6, 6.07) is 11.6. The van der Waals surface area contributed by atoms with Crippen molar-refractivity contribution in [2.24, 2.45) is 0 Å². The zero-order valence-electron chi connectivity index (χ0n) is 13.8.